The summed E-state index contributed by atoms with van der Waals surface area (Å²) in [5.74, 6) is 0. The van der Waals surface area contributed by atoms with E-state index in [-0.39, 0.29) is 12.1 Å². The third-order valence-electron chi connectivity index (χ3n) is 3.73. The molecule has 18 heavy (non-hydrogen) atoms. The Morgan fingerprint density at radius 3 is 2.94 bits per heavy atom. The van der Waals surface area contributed by atoms with Crippen molar-refractivity contribution in [3.63, 3.8) is 0 Å². The molecular formula is C13H17N3OS. The van der Waals surface area contributed by atoms with Gasteiger partial charge in [0.25, 0.3) is 0 Å². The third-order valence-corrected chi connectivity index (χ3v) is 4.03. The maximum absolute atomic E-state index is 10.2. The first-order chi connectivity index (χ1) is 8.66. The summed E-state index contributed by atoms with van der Waals surface area (Å²) in [5, 5.41) is 10.2. The molecule has 2 aromatic rings. The van der Waals surface area contributed by atoms with Crippen LogP contribution in [0.2, 0.25) is 0 Å². The van der Waals surface area contributed by atoms with Gasteiger partial charge in [-0.3, -0.25) is 4.57 Å². The van der Waals surface area contributed by atoms with Crippen molar-refractivity contribution >= 4 is 23.4 Å². The fourth-order valence-electron chi connectivity index (χ4n) is 2.80. The van der Waals surface area contributed by atoms with E-state index in [0.29, 0.717) is 4.77 Å². The first kappa shape index (κ1) is 11.9. The molecule has 3 rings (SSSR count). The smallest absolute Gasteiger partial charge is 0.179 e. The van der Waals surface area contributed by atoms with Crippen LogP contribution < -0.4 is 0 Å². The Hall–Kier alpha value is -1.20. The summed E-state index contributed by atoms with van der Waals surface area (Å²) in [4.78, 5) is 7.74. The third kappa shape index (κ3) is 1.87. The molecule has 0 radical (unpaired) electrons. The Bertz CT molecular complexity index is 631. The van der Waals surface area contributed by atoms with E-state index in [9.17, 15) is 5.11 Å². The second kappa shape index (κ2) is 4.48. The monoisotopic (exact) mass is 263 g/mol. The van der Waals surface area contributed by atoms with Gasteiger partial charge in [-0.2, -0.15) is 0 Å². The first-order valence-electron chi connectivity index (χ1n) is 6.43. The number of hydrogen-bond acceptors (Lipinski definition) is 3. The van der Waals surface area contributed by atoms with Gasteiger partial charge >= 0.3 is 0 Å². The van der Waals surface area contributed by atoms with Crippen LogP contribution in [-0.4, -0.2) is 25.7 Å². The summed E-state index contributed by atoms with van der Waals surface area (Å²) < 4.78 is 2.66. The fourth-order valence-corrected chi connectivity index (χ4v) is 3.13. The van der Waals surface area contributed by atoms with Crippen LogP contribution in [0.25, 0.3) is 11.2 Å². The SMILES string of the molecule is Cc1ccc2[nH]c(=S)n(C3CCCCC3O)c2n1. The van der Waals surface area contributed by atoms with Crippen molar-refractivity contribution in [3.05, 3.63) is 22.6 Å². The van der Waals surface area contributed by atoms with E-state index in [1.54, 1.807) is 0 Å². The lowest BCUT2D eigenvalue weighted by molar-refractivity contribution is 0.0764. The first-order valence-corrected chi connectivity index (χ1v) is 6.83. The predicted molar refractivity (Wildman–Crippen MR) is 73.2 cm³/mol. The highest BCUT2D eigenvalue weighted by atomic mass is 32.1. The van der Waals surface area contributed by atoms with Gasteiger partial charge in [0, 0.05) is 5.69 Å². The lowest BCUT2D eigenvalue weighted by atomic mass is 9.92. The van der Waals surface area contributed by atoms with Gasteiger partial charge < -0.3 is 10.1 Å². The number of nitrogens with zero attached hydrogens (tertiary/aromatic N) is 2. The second-order valence-electron chi connectivity index (χ2n) is 5.04. The topological polar surface area (TPSA) is 53.8 Å². The van der Waals surface area contributed by atoms with Gasteiger partial charge in [0.1, 0.15) is 0 Å². The van der Waals surface area contributed by atoms with Crippen LogP contribution in [0.15, 0.2) is 12.1 Å². The molecule has 96 valence electrons. The molecule has 1 fully saturated rings. The van der Waals surface area contributed by atoms with E-state index in [0.717, 1.165) is 42.5 Å². The summed E-state index contributed by atoms with van der Waals surface area (Å²) in [5.41, 5.74) is 2.78. The highest BCUT2D eigenvalue weighted by Crippen LogP contribution is 2.31. The largest absolute Gasteiger partial charge is 0.391 e. The molecule has 2 aromatic heterocycles. The zero-order valence-corrected chi connectivity index (χ0v) is 11.2. The molecule has 0 bridgehead atoms. The number of aryl methyl sites for hydroxylation is 1. The number of aliphatic hydroxyl groups excluding tert-OH is 1. The Morgan fingerprint density at radius 1 is 1.39 bits per heavy atom. The van der Waals surface area contributed by atoms with Gasteiger partial charge in [0.2, 0.25) is 0 Å². The van der Waals surface area contributed by atoms with Crippen molar-refractivity contribution < 1.29 is 5.11 Å². The van der Waals surface area contributed by atoms with Crippen LogP contribution in [0.4, 0.5) is 0 Å². The molecule has 2 atom stereocenters. The van der Waals surface area contributed by atoms with Crippen LogP contribution in [0.3, 0.4) is 0 Å². The predicted octanol–water partition coefficient (Wildman–Crippen LogP) is 2.88. The molecule has 1 aliphatic rings. The van der Waals surface area contributed by atoms with E-state index in [1.807, 2.05) is 23.6 Å². The van der Waals surface area contributed by atoms with E-state index in [4.69, 9.17) is 12.2 Å². The average molecular weight is 263 g/mol. The van der Waals surface area contributed by atoms with Crippen molar-refractivity contribution in [1.82, 2.24) is 14.5 Å². The summed E-state index contributed by atoms with van der Waals surface area (Å²) in [6.07, 6.45) is 3.75. The number of fused-ring (bicyclic) bond motifs is 1. The fraction of sp³-hybridized carbons (Fsp3) is 0.538. The summed E-state index contributed by atoms with van der Waals surface area (Å²) >= 11 is 5.39. The Kier molecular flexibility index (Phi) is 2.95. The highest BCUT2D eigenvalue weighted by molar-refractivity contribution is 7.71. The quantitative estimate of drug-likeness (QED) is 0.778. The number of aliphatic hydroxyl groups is 1. The molecule has 4 nitrogen and oxygen atoms in total. The van der Waals surface area contributed by atoms with Crippen LogP contribution in [0.5, 0.6) is 0 Å². The molecule has 2 unspecified atom stereocenters. The van der Waals surface area contributed by atoms with Crippen LogP contribution in [-0.2, 0) is 0 Å². The summed E-state index contributed by atoms with van der Waals surface area (Å²) in [7, 11) is 0. The van der Waals surface area contributed by atoms with Crippen LogP contribution >= 0.6 is 12.2 Å². The van der Waals surface area contributed by atoms with Crippen LogP contribution in [0.1, 0.15) is 37.4 Å². The van der Waals surface area contributed by atoms with Crippen molar-refractivity contribution in [1.29, 1.82) is 0 Å². The molecule has 1 saturated carbocycles. The van der Waals surface area contributed by atoms with Crippen LogP contribution in [0, 0.1) is 11.7 Å². The number of pyridine rings is 1. The van der Waals surface area contributed by atoms with Gasteiger partial charge in [-0.05, 0) is 44.1 Å². The molecule has 2 heterocycles. The summed E-state index contributed by atoms with van der Waals surface area (Å²) in [6.45, 7) is 1.97. The van der Waals surface area contributed by atoms with Crippen molar-refractivity contribution in [3.8, 4) is 0 Å². The number of nitrogens with one attached hydrogen (secondary N) is 1. The normalized spacial score (nSPS) is 24.6. The number of aromatic nitrogens is 3. The van der Waals surface area contributed by atoms with E-state index < -0.39 is 0 Å². The number of H-pyrrole nitrogens is 1. The Labute approximate surface area is 111 Å². The zero-order chi connectivity index (χ0) is 12.7. The maximum Gasteiger partial charge on any atom is 0.179 e. The summed E-state index contributed by atoms with van der Waals surface area (Å²) in [6, 6.07) is 4.03. The molecule has 5 heteroatoms. The van der Waals surface area contributed by atoms with Crippen molar-refractivity contribution in [2.75, 3.05) is 0 Å². The number of rotatable bonds is 1. The Morgan fingerprint density at radius 2 is 2.17 bits per heavy atom. The van der Waals surface area contributed by atoms with E-state index >= 15 is 0 Å². The van der Waals surface area contributed by atoms with Gasteiger partial charge in [0.15, 0.2) is 10.4 Å². The van der Waals surface area contributed by atoms with Crippen molar-refractivity contribution in [2.24, 2.45) is 0 Å². The molecule has 2 N–H and O–H groups in total. The maximum atomic E-state index is 10.2. The van der Waals surface area contributed by atoms with Gasteiger partial charge in [-0.15, -0.1) is 0 Å². The number of aromatic amines is 1. The second-order valence-corrected chi connectivity index (χ2v) is 5.43. The van der Waals surface area contributed by atoms with E-state index in [2.05, 4.69) is 9.97 Å². The standard InChI is InChI=1S/C13H17N3OS/c1-8-6-7-9-12(14-8)16(13(18)15-9)10-4-2-3-5-11(10)17/h6-7,10-11,17H,2-5H2,1H3,(H,15,18). The Balaban J connectivity index is 2.18. The minimum absolute atomic E-state index is 0.0642. The van der Waals surface area contributed by atoms with E-state index in [1.165, 1.54) is 0 Å². The van der Waals surface area contributed by atoms with Gasteiger partial charge in [-0.25, -0.2) is 4.98 Å². The molecule has 1 aliphatic carbocycles. The molecule has 0 aliphatic heterocycles. The molecule has 0 amide bonds. The average Bonchev–Trinajstić information content (AvgIpc) is 2.66. The number of imidazole rings is 1. The minimum atomic E-state index is -0.313. The van der Waals surface area contributed by atoms with Gasteiger partial charge in [0.05, 0.1) is 17.7 Å². The van der Waals surface area contributed by atoms with Gasteiger partial charge in [-0.1, -0.05) is 12.8 Å². The lowest BCUT2D eigenvalue weighted by Crippen LogP contribution is -2.27. The molecule has 0 spiro atoms. The molecule has 0 saturated heterocycles. The highest BCUT2D eigenvalue weighted by Gasteiger charge is 2.26. The zero-order valence-electron chi connectivity index (χ0n) is 10.4. The molecule has 0 aromatic carbocycles. The minimum Gasteiger partial charge on any atom is -0.391 e. The molecular weight excluding hydrogens is 246 g/mol. The number of hydrogen-bond donors (Lipinski definition) is 2. The lowest BCUT2D eigenvalue weighted by Gasteiger charge is -2.28. The van der Waals surface area contributed by atoms with Crippen molar-refractivity contribution in [2.45, 2.75) is 44.8 Å².